The third kappa shape index (κ3) is 7.71. The Morgan fingerprint density at radius 2 is 0.971 bits per heavy atom. The Hall–Kier alpha value is -7.23. The largest absolute Gasteiger partial charge is 0.223 e. The number of hydrogen-bond donors (Lipinski definition) is 0. The van der Waals surface area contributed by atoms with Gasteiger partial charge in [-0.1, -0.05) is 200 Å². The van der Waals surface area contributed by atoms with E-state index in [1.165, 1.54) is 114 Å². The standard InChI is InChI=1S/C68H56S2/c1-69(2)54-34-36-58-63(43-54)67(62-42-51(41-50-27-19-21-33-57(50)62)65-45-68(65,52-28-14-8-15-29-52)53-30-16-9-17-31-53)59-37-35-55(70(3,4)5)44-64(59)66(58)61-40-46(38-49-26-18-20-32-56(49)61)39-60(47-22-10-6-11-23-47)48-24-12-7-13-25-48/h6-44,65H,1,45H2,2-5H3. The zero-order chi connectivity index (χ0) is 47.6. The van der Waals surface area contributed by atoms with Gasteiger partial charge in [0.1, 0.15) is 0 Å². The summed E-state index contributed by atoms with van der Waals surface area (Å²) in [5.41, 5.74) is 14.0. The molecule has 11 aromatic carbocycles. The fraction of sp³-hybridized carbons (Fsp3) is 0.103. The molecule has 12 rings (SSSR count). The maximum absolute atomic E-state index is 4.62. The molecule has 70 heavy (non-hydrogen) atoms. The summed E-state index contributed by atoms with van der Waals surface area (Å²) in [6.45, 7) is 0. The average molecular weight is 937 g/mol. The van der Waals surface area contributed by atoms with Crippen LogP contribution >= 0.6 is 20.5 Å². The van der Waals surface area contributed by atoms with Crippen LogP contribution < -0.4 is 0 Å². The summed E-state index contributed by atoms with van der Waals surface area (Å²) in [6, 6.07) is 86.8. The molecule has 2 atom stereocenters. The molecule has 0 N–H and O–H groups in total. The van der Waals surface area contributed by atoms with Crippen LogP contribution in [-0.4, -0.2) is 30.9 Å². The fourth-order valence-electron chi connectivity index (χ4n) is 11.4. The second-order valence-corrected chi connectivity index (χ2v) is 25.9. The molecular formula is C68H56S2. The summed E-state index contributed by atoms with van der Waals surface area (Å²) in [6.07, 6.45) is 13.0. The molecule has 1 aliphatic rings. The minimum atomic E-state index is -1.10. The third-order valence-corrected chi connectivity index (χ3v) is 17.6. The molecule has 1 saturated carbocycles. The van der Waals surface area contributed by atoms with Gasteiger partial charge in [-0.15, -0.1) is 0 Å². The molecule has 0 heterocycles. The van der Waals surface area contributed by atoms with Gasteiger partial charge in [-0.2, -0.15) is 10.5 Å². The Morgan fingerprint density at radius 3 is 1.53 bits per heavy atom. The first-order valence-electron chi connectivity index (χ1n) is 24.3. The highest BCUT2D eigenvalue weighted by molar-refractivity contribution is 8.32. The van der Waals surface area contributed by atoms with Crippen molar-refractivity contribution in [1.82, 2.24) is 0 Å². The number of rotatable bonds is 10. The van der Waals surface area contributed by atoms with Crippen molar-refractivity contribution in [2.24, 2.45) is 0 Å². The minimum absolute atomic E-state index is 0.0976. The Bertz CT molecular complexity index is 3760. The van der Waals surface area contributed by atoms with Crippen LogP contribution in [0.25, 0.3) is 77.0 Å². The van der Waals surface area contributed by atoms with E-state index < -0.39 is 10.0 Å². The van der Waals surface area contributed by atoms with Gasteiger partial charge in [0, 0.05) is 10.3 Å². The molecule has 2 unspecified atom stereocenters. The predicted molar refractivity (Wildman–Crippen MR) is 311 cm³/mol. The molecule has 2 heteroatoms. The molecule has 0 amide bonds. The topological polar surface area (TPSA) is 0 Å². The van der Waals surface area contributed by atoms with Crippen LogP contribution in [0.2, 0.25) is 0 Å². The van der Waals surface area contributed by atoms with E-state index in [2.05, 4.69) is 267 Å². The summed E-state index contributed by atoms with van der Waals surface area (Å²) < 4.78 is 0. The van der Waals surface area contributed by atoms with Gasteiger partial charge in [0.25, 0.3) is 0 Å². The highest BCUT2D eigenvalue weighted by Gasteiger charge is 2.57. The molecule has 0 spiro atoms. The summed E-state index contributed by atoms with van der Waals surface area (Å²) in [5, 5.41) is 10.1. The predicted octanol–water partition coefficient (Wildman–Crippen LogP) is 18.4. The van der Waals surface area contributed by atoms with Crippen molar-refractivity contribution < 1.29 is 0 Å². The Labute approximate surface area is 417 Å². The first-order chi connectivity index (χ1) is 34.2. The van der Waals surface area contributed by atoms with E-state index in [1.54, 1.807) is 0 Å². The SMILES string of the molecule is C=S(C)c1ccc2c(-c3cc(C=C(c4ccccc4)c4ccccc4)cc4ccccc34)c3cc(S(C)(C)C)ccc3c(-c3cc(C4CC4(c4ccccc4)c4ccccc4)cc4ccccc34)c2c1. The van der Waals surface area contributed by atoms with Crippen LogP contribution in [0.1, 0.15) is 45.7 Å². The lowest BCUT2D eigenvalue weighted by atomic mass is 9.81. The van der Waals surface area contributed by atoms with Gasteiger partial charge in [-0.05, 0) is 189 Å². The fourth-order valence-corrected chi connectivity index (χ4v) is 13.0. The van der Waals surface area contributed by atoms with Crippen molar-refractivity contribution in [3.05, 3.63) is 264 Å². The van der Waals surface area contributed by atoms with Crippen molar-refractivity contribution in [3.8, 4) is 22.3 Å². The number of fused-ring (bicyclic) bond motifs is 4. The van der Waals surface area contributed by atoms with Gasteiger partial charge in [-0.3, -0.25) is 0 Å². The second-order valence-electron chi connectivity index (χ2n) is 20.0. The molecule has 11 aromatic rings. The van der Waals surface area contributed by atoms with E-state index in [0.29, 0.717) is 5.92 Å². The van der Waals surface area contributed by atoms with Crippen molar-refractivity contribution >= 4 is 81.1 Å². The monoisotopic (exact) mass is 936 g/mol. The van der Waals surface area contributed by atoms with Gasteiger partial charge < -0.3 is 0 Å². The highest BCUT2D eigenvalue weighted by Crippen LogP contribution is 2.65. The molecule has 0 aromatic heterocycles. The molecular weight excluding hydrogens is 881 g/mol. The van der Waals surface area contributed by atoms with Gasteiger partial charge in [0.15, 0.2) is 0 Å². The molecule has 1 fully saturated rings. The molecule has 0 bridgehead atoms. The van der Waals surface area contributed by atoms with E-state index >= 15 is 0 Å². The highest BCUT2D eigenvalue weighted by atomic mass is 32.3. The Kier molecular flexibility index (Phi) is 11.1. The molecule has 0 aliphatic heterocycles. The van der Waals surface area contributed by atoms with Gasteiger partial charge in [-0.25, -0.2) is 10.0 Å². The van der Waals surface area contributed by atoms with Crippen molar-refractivity contribution in [2.45, 2.75) is 27.5 Å². The van der Waals surface area contributed by atoms with Gasteiger partial charge in [0.2, 0.25) is 0 Å². The van der Waals surface area contributed by atoms with E-state index in [-0.39, 0.29) is 15.9 Å². The van der Waals surface area contributed by atoms with Crippen molar-refractivity contribution in [1.29, 1.82) is 0 Å². The quantitative estimate of drug-likeness (QED) is 0.0728. The van der Waals surface area contributed by atoms with E-state index in [4.69, 9.17) is 0 Å². The van der Waals surface area contributed by atoms with Crippen LogP contribution in [0, 0.1) is 0 Å². The number of hydrogen-bond acceptors (Lipinski definition) is 0. The molecule has 0 radical (unpaired) electrons. The normalized spacial score (nSPS) is 15.0. The van der Waals surface area contributed by atoms with Gasteiger partial charge in [0.05, 0.1) is 0 Å². The van der Waals surface area contributed by atoms with Crippen LogP contribution in [0.5, 0.6) is 0 Å². The third-order valence-electron chi connectivity index (χ3n) is 14.9. The van der Waals surface area contributed by atoms with Crippen molar-refractivity contribution in [2.75, 3.05) is 25.0 Å². The first kappa shape index (κ1) is 44.0. The van der Waals surface area contributed by atoms with Gasteiger partial charge >= 0.3 is 0 Å². The van der Waals surface area contributed by atoms with Crippen molar-refractivity contribution in [3.63, 3.8) is 0 Å². The molecule has 0 nitrogen and oxygen atoms in total. The van der Waals surface area contributed by atoms with Crippen LogP contribution in [-0.2, 0) is 5.41 Å². The number of benzene rings is 11. The molecule has 0 saturated heterocycles. The Morgan fingerprint density at radius 1 is 0.486 bits per heavy atom. The minimum Gasteiger partial charge on any atom is -0.223 e. The van der Waals surface area contributed by atoms with E-state index in [9.17, 15) is 0 Å². The zero-order valence-electron chi connectivity index (χ0n) is 40.3. The lowest BCUT2D eigenvalue weighted by Gasteiger charge is -2.28. The van der Waals surface area contributed by atoms with E-state index in [1.807, 2.05) is 0 Å². The van der Waals surface area contributed by atoms with Crippen LogP contribution in [0.15, 0.2) is 240 Å². The smallest absolute Gasteiger partial charge is 0.0278 e. The summed E-state index contributed by atoms with van der Waals surface area (Å²) in [4.78, 5) is 2.67. The molecule has 340 valence electrons. The zero-order valence-corrected chi connectivity index (χ0v) is 42.0. The molecule has 1 aliphatic carbocycles. The maximum atomic E-state index is 4.62. The average Bonchev–Trinajstić information content (AvgIpc) is 4.17. The first-order valence-corrected chi connectivity index (χ1v) is 29.0. The Balaban J connectivity index is 1.18. The summed E-state index contributed by atoms with van der Waals surface area (Å²) in [5.74, 6) is 4.95. The lowest BCUT2D eigenvalue weighted by molar-refractivity contribution is 0.804. The summed E-state index contributed by atoms with van der Waals surface area (Å²) >= 11 is 0. The van der Waals surface area contributed by atoms with E-state index in [0.717, 1.165) is 6.42 Å². The van der Waals surface area contributed by atoms with Crippen LogP contribution in [0.4, 0.5) is 0 Å². The maximum Gasteiger partial charge on any atom is 0.0278 e. The lowest BCUT2D eigenvalue weighted by Crippen LogP contribution is -2.11. The summed E-state index contributed by atoms with van der Waals surface area (Å²) in [7, 11) is -1.30. The second kappa shape index (κ2) is 17.6. The van der Waals surface area contributed by atoms with Crippen LogP contribution in [0.3, 0.4) is 0 Å².